The van der Waals surface area contributed by atoms with Crippen LogP contribution < -0.4 is 4.90 Å². The first-order valence-electron chi connectivity index (χ1n) is 6.57. The second-order valence-electron chi connectivity index (χ2n) is 4.82. The smallest absolute Gasteiger partial charge is 0.164 e. The van der Waals surface area contributed by atoms with Gasteiger partial charge in [0.1, 0.15) is 0 Å². The first-order chi connectivity index (χ1) is 8.76. The van der Waals surface area contributed by atoms with E-state index in [0.717, 1.165) is 23.7 Å². The van der Waals surface area contributed by atoms with Gasteiger partial charge in [0, 0.05) is 24.2 Å². The van der Waals surface area contributed by atoms with Gasteiger partial charge in [-0.2, -0.15) is 0 Å². The van der Waals surface area contributed by atoms with E-state index in [9.17, 15) is 4.79 Å². The molecule has 0 radical (unpaired) electrons. The molecule has 0 heterocycles. The molecule has 94 valence electrons. The Morgan fingerprint density at radius 1 is 1.44 bits per heavy atom. The van der Waals surface area contributed by atoms with Crippen LogP contribution in [0.15, 0.2) is 24.3 Å². The van der Waals surface area contributed by atoms with Crippen LogP contribution in [0.2, 0.25) is 0 Å². The van der Waals surface area contributed by atoms with Crippen molar-refractivity contribution in [2.45, 2.75) is 26.2 Å². The lowest BCUT2D eigenvalue weighted by Gasteiger charge is -2.24. The zero-order chi connectivity index (χ0) is 13.0. The fraction of sp³-hybridized carbons (Fsp3) is 0.438. The van der Waals surface area contributed by atoms with Crippen LogP contribution in [-0.2, 0) is 0 Å². The topological polar surface area (TPSA) is 20.3 Å². The summed E-state index contributed by atoms with van der Waals surface area (Å²) >= 11 is 0. The van der Waals surface area contributed by atoms with Crippen molar-refractivity contribution in [1.82, 2.24) is 0 Å². The van der Waals surface area contributed by atoms with Crippen LogP contribution in [0.1, 0.15) is 36.5 Å². The molecule has 1 saturated carbocycles. The number of hydrogen-bond acceptors (Lipinski definition) is 2. The Labute approximate surface area is 109 Å². The lowest BCUT2D eigenvalue weighted by Crippen LogP contribution is -2.27. The molecule has 1 aromatic rings. The molecule has 0 spiro atoms. The van der Waals surface area contributed by atoms with Gasteiger partial charge in [-0.25, -0.2) is 0 Å². The van der Waals surface area contributed by atoms with E-state index < -0.39 is 0 Å². The van der Waals surface area contributed by atoms with E-state index in [1.165, 1.54) is 12.8 Å². The molecule has 0 N–H and O–H groups in total. The molecule has 2 heteroatoms. The molecular formula is C16H19NO. The summed E-state index contributed by atoms with van der Waals surface area (Å²) in [6.07, 6.45) is 8.54. The zero-order valence-corrected chi connectivity index (χ0v) is 10.9. The molecule has 0 atom stereocenters. The quantitative estimate of drug-likeness (QED) is 0.563. The van der Waals surface area contributed by atoms with Gasteiger partial charge < -0.3 is 4.90 Å². The Morgan fingerprint density at radius 3 is 2.78 bits per heavy atom. The number of anilines is 1. The van der Waals surface area contributed by atoms with Crippen molar-refractivity contribution >= 4 is 11.5 Å². The predicted octanol–water partition coefficient (Wildman–Crippen LogP) is 3.13. The number of carbonyl (C=O) groups is 1. The van der Waals surface area contributed by atoms with E-state index >= 15 is 0 Å². The van der Waals surface area contributed by atoms with Crippen molar-refractivity contribution in [1.29, 1.82) is 0 Å². The fourth-order valence-electron chi connectivity index (χ4n) is 2.15. The van der Waals surface area contributed by atoms with Crippen LogP contribution in [0.5, 0.6) is 0 Å². The molecule has 0 amide bonds. The van der Waals surface area contributed by atoms with Gasteiger partial charge in [-0.05, 0) is 30.9 Å². The van der Waals surface area contributed by atoms with E-state index in [4.69, 9.17) is 6.42 Å². The highest BCUT2D eigenvalue weighted by atomic mass is 16.1. The molecule has 0 bridgehead atoms. The van der Waals surface area contributed by atoms with E-state index in [0.29, 0.717) is 13.0 Å². The number of carbonyl (C=O) groups excluding carboxylic acids is 1. The van der Waals surface area contributed by atoms with Crippen LogP contribution in [0.25, 0.3) is 0 Å². The Hall–Kier alpha value is -1.75. The molecule has 1 aliphatic rings. The second kappa shape index (κ2) is 5.73. The van der Waals surface area contributed by atoms with Crippen molar-refractivity contribution in [3.05, 3.63) is 29.8 Å². The van der Waals surface area contributed by atoms with E-state index in [1.54, 1.807) is 0 Å². The van der Waals surface area contributed by atoms with Crippen molar-refractivity contribution in [2.75, 3.05) is 18.0 Å². The third kappa shape index (κ3) is 2.92. The molecule has 18 heavy (non-hydrogen) atoms. The van der Waals surface area contributed by atoms with Gasteiger partial charge in [-0.1, -0.05) is 25.0 Å². The Morgan fingerprint density at radius 2 is 2.17 bits per heavy atom. The highest BCUT2D eigenvalue weighted by Gasteiger charge is 2.25. The van der Waals surface area contributed by atoms with E-state index in [-0.39, 0.29) is 5.78 Å². The molecule has 1 aliphatic carbocycles. The fourth-order valence-corrected chi connectivity index (χ4v) is 2.15. The molecule has 1 aromatic carbocycles. The zero-order valence-electron chi connectivity index (χ0n) is 10.9. The predicted molar refractivity (Wildman–Crippen MR) is 74.8 cm³/mol. The Kier molecular flexibility index (Phi) is 4.04. The maximum Gasteiger partial charge on any atom is 0.164 e. The van der Waals surface area contributed by atoms with Crippen LogP contribution in [0.3, 0.4) is 0 Å². The summed E-state index contributed by atoms with van der Waals surface area (Å²) in [7, 11) is 0. The first kappa shape index (κ1) is 12.7. The minimum absolute atomic E-state index is 0.184. The molecule has 0 unspecified atom stereocenters. The lowest BCUT2D eigenvalue weighted by atomic mass is 10.1. The van der Waals surface area contributed by atoms with Crippen LogP contribution >= 0.6 is 0 Å². The van der Waals surface area contributed by atoms with Crippen LogP contribution in [0, 0.1) is 18.3 Å². The van der Waals surface area contributed by atoms with Gasteiger partial charge >= 0.3 is 0 Å². The first-order valence-corrected chi connectivity index (χ1v) is 6.57. The minimum Gasteiger partial charge on any atom is -0.360 e. The largest absolute Gasteiger partial charge is 0.360 e. The minimum atomic E-state index is 0.184. The number of hydrogen-bond donors (Lipinski definition) is 0. The molecule has 2 rings (SSSR count). The number of rotatable bonds is 6. The Bertz CT molecular complexity index is 468. The maximum atomic E-state index is 12.0. The van der Waals surface area contributed by atoms with Gasteiger partial charge in [0.2, 0.25) is 0 Å². The standard InChI is InChI=1S/C16H19NO/c1-3-11-17(12-13-9-10-13)15-8-6-5-7-14(15)16(18)4-2/h1,5-8,13H,4,9-12H2,2H3. The number of benzene rings is 1. The third-order valence-corrected chi connectivity index (χ3v) is 3.32. The SMILES string of the molecule is C#CCN(CC1CC1)c1ccccc1C(=O)CC. The van der Waals surface area contributed by atoms with Gasteiger partial charge in [-0.3, -0.25) is 4.79 Å². The average molecular weight is 241 g/mol. The second-order valence-corrected chi connectivity index (χ2v) is 4.82. The summed E-state index contributed by atoms with van der Waals surface area (Å²) in [4.78, 5) is 14.1. The van der Waals surface area contributed by atoms with Gasteiger partial charge in [-0.15, -0.1) is 6.42 Å². The molecule has 0 saturated heterocycles. The summed E-state index contributed by atoms with van der Waals surface area (Å²) in [6, 6.07) is 7.79. The molecule has 2 nitrogen and oxygen atoms in total. The summed E-state index contributed by atoms with van der Waals surface area (Å²) in [5, 5.41) is 0. The number of ketones is 1. The lowest BCUT2D eigenvalue weighted by molar-refractivity contribution is 0.0988. The molecule has 0 aliphatic heterocycles. The van der Waals surface area contributed by atoms with Crippen molar-refractivity contribution in [3.63, 3.8) is 0 Å². The average Bonchev–Trinajstić information content (AvgIpc) is 3.21. The number of para-hydroxylation sites is 1. The summed E-state index contributed by atoms with van der Waals surface area (Å²) in [6.45, 7) is 3.44. The highest BCUT2D eigenvalue weighted by Crippen LogP contribution is 2.32. The third-order valence-electron chi connectivity index (χ3n) is 3.32. The molecule has 0 aromatic heterocycles. The van der Waals surface area contributed by atoms with Gasteiger partial charge in [0.15, 0.2) is 5.78 Å². The number of Topliss-reactive ketones (excluding diaryl/α,β-unsaturated/α-hetero) is 1. The van der Waals surface area contributed by atoms with Crippen LogP contribution in [-0.4, -0.2) is 18.9 Å². The highest BCUT2D eigenvalue weighted by molar-refractivity contribution is 6.01. The number of terminal acetylenes is 1. The molecular weight excluding hydrogens is 222 g/mol. The van der Waals surface area contributed by atoms with Gasteiger partial charge in [0.25, 0.3) is 0 Å². The van der Waals surface area contributed by atoms with Gasteiger partial charge in [0.05, 0.1) is 6.54 Å². The summed E-state index contributed by atoms with van der Waals surface area (Å²) in [5.74, 6) is 3.63. The summed E-state index contributed by atoms with van der Waals surface area (Å²) < 4.78 is 0. The monoisotopic (exact) mass is 241 g/mol. The maximum absolute atomic E-state index is 12.0. The van der Waals surface area contributed by atoms with E-state index in [2.05, 4.69) is 10.8 Å². The van der Waals surface area contributed by atoms with Crippen LogP contribution in [0.4, 0.5) is 5.69 Å². The van der Waals surface area contributed by atoms with E-state index in [1.807, 2.05) is 31.2 Å². The number of nitrogens with zero attached hydrogens (tertiary/aromatic N) is 1. The Balaban J connectivity index is 2.27. The van der Waals surface area contributed by atoms with Crippen molar-refractivity contribution in [2.24, 2.45) is 5.92 Å². The molecule has 1 fully saturated rings. The van der Waals surface area contributed by atoms with Crippen molar-refractivity contribution < 1.29 is 4.79 Å². The van der Waals surface area contributed by atoms with Crippen molar-refractivity contribution in [3.8, 4) is 12.3 Å². The summed E-state index contributed by atoms with van der Waals surface area (Å²) in [5.41, 5.74) is 1.80. The normalized spacial score (nSPS) is 14.0.